The van der Waals surface area contributed by atoms with Crippen LogP contribution >= 0.6 is 0 Å². The molecule has 1 aromatic carbocycles. The molecular weight excluding hydrogens is 395 g/mol. The van der Waals surface area contributed by atoms with Crippen LogP contribution in [0.3, 0.4) is 0 Å². The van der Waals surface area contributed by atoms with Crippen LogP contribution in [-0.4, -0.2) is 36.8 Å². The van der Waals surface area contributed by atoms with Crippen LogP contribution in [0.2, 0.25) is 0 Å². The van der Waals surface area contributed by atoms with Gasteiger partial charge in [0.15, 0.2) is 5.83 Å². The first-order valence-corrected chi connectivity index (χ1v) is 10.6. The van der Waals surface area contributed by atoms with Gasteiger partial charge < -0.3 is 19.5 Å². The average molecular weight is 423 g/mol. The van der Waals surface area contributed by atoms with Crippen LogP contribution in [0.1, 0.15) is 32.8 Å². The standard InChI is InChI=1S/C24H27FN4O2/c1-4-5-23-27-12-19(25)15-29(23)13-16(2)21-10-18-6-7-20(11-22(18)31-24(21)30)28-9-8-26-17(3)14-28/h5-7,10-13,15,17,26H,4,8-9,14H2,1-3H3/b16-13+,23-5-/t17-/m1/s1. The summed E-state index contributed by atoms with van der Waals surface area (Å²) in [6.07, 6.45) is 6.89. The predicted molar refractivity (Wildman–Crippen MR) is 124 cm³/mol. The summed E-state index contributed by atoms with van der Waals surface area (Å²) in [7, 11) is 0. The van der Waals surface area contributed by atoms with Gasteiger partial charge in [-0.2, -0.15) is 0 Å². The molecule has 2 aromatic rings. The van der Waals surface area contributed by atoms with Crippen molar-refractivity contribution in [2.24, 2.45) is 4.99 Å². The van der Waals surface area contributed by atoms with Crippen LogP contribution in [0, 0.1) is 0 Å². The molecule has 3 heterocycles. The smallest absolute Gasteiger partial charge is 0.343 e. The van der Waals surface area contributed by atoms with Crippen molar-refractivity contribution in [3.05, 3.63) is 70.4 Å². The van der Waals surface area contributed by atoms with Crippen molar-refractivity contribution in [3.8, 4) is 0 Å². The average Bonchev–Trinajstić information content (AvgIpc) is 2.74. The normalized spacial score (nSPS) is 21.2. The number of rotatable bonds is 4. The van der Waals surface area contributed by atoms with E-state index in [0.29, 0.717) is 28.6 Å². The summed E-state index contributed by atoms with van der Waals surface area (Å²) in [6, 6.07) is 8.20. The Balaban J connectivity index is 1.66. The number of allylic oxidation sites excluding steroid dienone is 3. The zero-order chi connectivity index (χ0) is 22.0. The second-order valence-corrected chi connectivity index (χ2v) is 7.93. The van der Waals surface area contributed by atoms with E-state index in [4.69, 9.17) is 4.42 Å². The molecule has 1 fully saturated rings. The van der Waals surface area contributed by atoms with E-state index >= 15 is 0 Å². The Morgan fingerprint density at radius 1 is 1.39 bits per heavy atom. The van der Waals surface area contributed by atoms with Gasteiger partial charge in [-0.25, -0.2) is 14.2 Å². The van der Waals surface area contributed by atoms with Gasteiger partial charge in [0.25, 0.3) is 0 Å². The second-order valence-electron chi connectivity index (χ2n) is 7.93. The Hall–Kier alpha value is -3.19. The van der Waals surface area contributed by atoms with Crippen LogP contribution < -0.4 is 15.8 Å². The zero-order valence-corrected chi connectivity index (χ0v) is 18.1. The summed E-state index contributed by atoms with van der Waals surface area (Å²) in [5.41, 5.74) is 2.29. The number of piperazine rings is 1. The summed E-state index contributed by atoms with van der Waals surface area (Å²) in [5, 5.41) is 4.27. The highest BCUT2D eigenvalue weighted by Gasteiger charge is 2.17. The van der Waals surface area contributed by atoms with E-state index < -0.39 is 11.5 Å². The number of hydrogen-bond donors (Lipinski definition) is 1. The summed E-state index contributed by atoms with van der Waals surface area (Å²) < 4.78 is 19.4. The fraction of sp³-hybridized carbons (Fsp3) is 0.333. The summed E-state index contributed by atoms with van der Waals surface area (Å²) in [5.74, 6) is 0.168. The third-order valence-electron chi connectivity index (χ3n) is 5.44. The first kappa shape index (κ1) is 21.1. The van der Waals surface area contributed by atoms with E-state index in [0.717, 1.165) is 37.1 Å². The van der Waals surface area contributed by atoms with Crippen LogP contribution in [0.15, 0.2) is 68.6 Å². The van der Waals surface area contributed by atoms with Gasteiger partial charge in [-0.1, -0.05) is 6.92 Å². The third-order valence-corrected chi connectivity index (χ3v) is 5.44. The molecule has 0 unspecified atom stereocenters. The molecule has 0 spiro atoms. The number of nitrogens with one attached hydrogen (secondary N) is 1. The molecule has 7 heteroatoms. The first-order chi connectivity index (χ1) is 14.9. The van der Waals surface area contributed by atoms with Crippen molar-refractivity contribution < 1.29 is 8.81 Å². The minimum atomic E-state index is -0.447. The first-order valence-electron chi connectivity index (χ1n) is 10.6. The van der Waals surface area contributed by atoms with Gasteiger partial charge in [-0.3, -0.25) is 0 Å². The third kappa shape index (κ3) is 4.61. The fourth-order valence-corrected chi connectivity index (χ4v) is 3.89. The van der Waals surface area contributed by atoms with Crippen molar-refractivity contribution in [2.45, 2.75) is 33.2 Å². The van der Waals surface area contributed by atoms with Crippen LogP contribution in [0.4, 0.5) is 10.1 Å². The lowest BCUT2D eigenvalue weighted by atomic mass is 10.1. The van der Waals surface area contributed by atoms with E-state index in [1.165, 1.54) is 12.4 Å². The molecular formula is C24H27FN4O2. The van der Waals surface area contributed by atoms with Gasteiger partial charge in [0, 0.05) is 55.2 Å². The summed E-state index contributed by atoms with van der Waals surface area (Å²) >= 11 is 0. The predicted octanol–water partition coefficient (Wildman–Crippen LogP) is 4.40. The Morgan fingerprint density at radius 3 is 3.00 bits per heavy atom. The SMILES string of the molecule is CC/C=C1/N=CC(F)=CN1/C=C(\C)c1cc2ccc(N3CCN[C@H](C)C3)cc2oc1=O. The molecule has 1 N–H and O–H groups in total. The second kappa shape index (κ2) is 8.89. The number of hydrogen-bond acceptors (Lipinski definition) is 6. The highest BCUT2D eigenvalue weighted by molar-refractivity contribution is 5.84. The molecule has 0 saturated carbocycles. The van der Waals surface area contributed by atoms with Gasteiger partial charge in [0.05, 0.1) is 11.8 Å². The lowest BCUT2D eigenvalue weighted by Crippen LogP contribution is -2.49. The van der Waals surface area contributed by atoms with Crippen molar-refractivity contribution in [1.82, 2.24) is 10.2 Å². The van der Waals surface area contributed by atoms with Gasteiger partial charge in [-0.05, 0) is 50.1 Å². The maximum atomic E-state index is 13.7. The number of nitrogens with zero attached hydrogens (tertiary/aromatic N) is 3. The molecule has 0 amide bonds. The largest absolute Gasteiger partial charge is 0.422 e. The minimum Gasteiger partial charge on any atom is -0.422 e. The monoisotopic (exact) mass is 422 g/mol. The Kier molecular flexibility index (Phi) is 6.04. The van der Waals surface area contributed by atoms with Crippen LogP contribution in [0.25, 0.3) is 16.5 Å². The Bertz CT molecular complexity index is 1160. The number of benzene rings is 1. The molecule has 31 heavy (non-hydrogen) atoms. The van der Waals surface area contributed by atoms with E-state index in [-0.39, 0.29) is 0 Å². The van der Waals surface area contributed by atoms with E-state index in [2.05, 4.69) is 28.2 Å². The Morgan fingerprint density at radius 2 is 2.23 bits per heavy atom. The van der Waals surface area contributed by atoms with Crippen LogP contribution in [0.5, 0.6) is 0 Å². The highest BCUT2D eigenvalue weighted by Crippen LogP contribution is 2.26. The quantitative estimate of drug-likeness (QED) is 0.740. The summed E-state index contributed by atoms with van der Waals surface area (Å²) in [6.45, 7) is 8.70. The topological polar surface area (TPSA) is 61.1 Å². The van der Waals surface area contributed by atoms with Crippen molar-refractivity contribution in [3.63, 3.8) is 0 Å². The van der Waals surface area contributed by atoms with Gasteiger partial charge in [0.1, 0.15) is 11.4 Å². The van der Waals surface area contributed by atoms with Gasteiger partial charge in [-0.15, -0.1) is 0 Å². The molecule has 162 valence electrons. The molecule has 2 aliphatic rings. The molecule has 2 aliphatic heterocycles. The molecule has 0 aliphatic carbocycles. The zero-order valence-electron chi connectivity index (χ0n) is 18.1. The van der Waals surface area contributed by atoms with Crippen molar-refractivity contribution in [2.75, 3.05) is 24.5 Å². The molecule has 1 aromatic heterocycles. The number of aliphatic imine (C=N–C) groups is 1. The number of fused-ring (bicyclic) bond motifs is 1. The minimum absolute atomic E-state index is 0.413. The van der Waals surface area contributed by atoms with E-state index in [1.54, 1.807) is 11.1 Å². The lowest BCUT2D eigenvalue weighted by Gasteiger charge is -2.33. The van der Waals surface area contributed by atoms with Gasteiger partial charge >= 0.3 is 5.63 Å². The molecule has 1 atom stereocenters. The number of halogens is 1. The number of anilines is 1. The van der Waals surface area contributed by atoms with E-state index in [9.17, 15) is 9.18 Å². The highest BCUT2D eigenvalue weighted by atomic mass is 19.1. The van der Waals surface area contributed by atoms with Crippen LogP contribution in [-0.2, 0) is 0 Å². The maximum absolute atomic E-state index is 13.7. The van der Waals surface area contributed by atoms with Crippen molar-refractivity contribution in [1.29, 1.82) is 0 Å². The molecule has 4 rings (SSSR count). The van der Waals surface area contributed by atoms with E-state index in [1.807, 2.05) is 38.1 Å². The fourth-order valence-electron chi connectivity index (χ4n) is 3.89. The Labute approximate surface area is 181 Å². The summed E-state index contributed by atoms with van der Waals surface area (Å²) in [4.78, 5) is 20.7. The molecule has 6 nitrogen and oxygen atoms in total. The maximum Gasteiger partial charge on any atom is 0.343 e. The van der Waals surface area contributed by atoms with Gasteiger partial charge in [0.2, 0.25) is 0 Å². The molecule has 0 radical (unpaired) electrons. The van der Waals surface area contributed by atoms with Crippen molar-refractivity contribution >= 4 is 28.4 Å². The molecule has 1 saturated heterocycles. The lowest BCUT2D eigenvalue weighted by molar-refractivity contribution is 0.484. The molecule has 0 bridgehead atoms.